The van der Waals surface area contributed by atoms with Crippen LogP contribution in [0, 0.1) is 0 Å². The van der Waals surface area contributed by atoms with Gasteiger partial charge in [-0.25, -0.2) is 0 Å². The quantitative estimate of drug-likeness (QED) is 0.833. The minimum Gasteiger partial charge on any atom is -0.324 e. The Kier molecular flexibility index (Phi) is 4.68. The summed E-state index contributed by atoms with van der Waals surface area (Å²) in [4.78, 5) is 0. The summed E-state index contributed by atoms with van der Waals surface area (Å²) in [6, 6.07) is 13.2. The van der Waals surface area contributed by atoms with Crippen LogP contribution in [0.4, 0.5) is 0 Å². The van der Waals surface area contributed by atoms with Crippen LogP contribution < -0.4 is 5.73 Å². The predicted molar refractivity (Wildman–Crippen MR) is 81.2 cm³/mol. The Labute approximate surface area is 125 Å². The molecule has 0 radical (unpaired) electrons. The van der Waals surface area contributed by atoms with E-state index in [4.69, 9.17) is 28.9 Å². The summed E-state index contributed by atoms with van der Waals surface area (Å²) in [5.41, 5.74) is 8.15. The number of benzene rings is 2. The fourth-order valence-corrected chi connectivity index (χ4v) is 2.66. The van der Waals surface area contributed by atoms with Gasteiger partial charge in [-0.3, -0.25) is 0 Å². The van der Waals surface area contributed by atoms with Gasteiger partial charge in [0.15, 0.2) is 0 Å². The molecule has 0 saturated carbocycles. The number of hydrogen-bond acceptors (Lipinski definition) is 1. The first kappa shape index (κ1) is 13.9. The van der Waals surface area contributed by atoms with Crippen molar-refractivity contribution in [1.29, 1.82) is 0 Å². The largest absolute Gasteiger partial charge is 0.324 e. The fraction of sp³-hybridized carbons (Fsp3) is 0.143. The Hall–Kier alpha value is -0.540. The Morgan fingerprint density at radius 3 is 2.50 bits per heavy atom. The van der Waals surface area contributed by atoms with Gasteiger partial charge in [0.1, 0.15) is 0 Å². The molecule has 0 aliphatic rings. The highest BCUT2D eigenvalue weighted by Crippen LogP contribution is 2.28. The van der Waals surface area contributed by atoms with E-state index in [0.29, 0.717) is 11.4 Å². The Morgan fingerprint density at radius 2 is 1.78 bits per heavy atom. The van der Waals surface area contributed by atoms with Gasteiger partial charge in [0.25, 0.3) is 0 Å². The molecule has 0 aliphatic heterocycles. The van der Waals surface area contributed by atoms with Crippen molar-refractivity contribution < 1.29 is 0 Å². The molecule has 2 rings (SSSR count). The van der Waals surface area contributed by atoms with Crippen LogP contribution in [0.15, 0.2) is 46.9 Å². The number of rotatable bonds is 3. The van der Waals surface area contributed by atoms with Gasteiger partial charge in [0.2, 0.25) is 0 Å². The van der Waals surface area contributed by atoms with E-state index in [1.54, 1.807) is 0 Å². The van der Waals surface area contributed by atoms with E-state index in [0.717, 1.165) is 20.6 Å². The first-order valence-electron chi connectivity index (χ1n) is 5.52. The molecule has 2 aromatic carbocycles. The summed E-state index contributed by atoms with van der Waals surface area (Å²) in [5.74, 6) is 0. The van der Waals surface area contributed by atoms with Crippen molar-refractivity contribution in [2.75, 3.05) is 0 Å². The van der Waals surface area contributed by atoms with Gasteiger partial charge < -0.3 is 5.73 Å². The Bertz CT molecular complexity index is 557. The third-order valence-electron chi connectivity index (χ3n) is 2.76. The van der Waals surface area contributed by atoms with Gasteiger partial charge in [0, 0.05) is 20.6 Å². The SMILES string of the molecule is NC(Cc1ccccc1Cl)c1cc(Br)ccc1Cl. The molecule has 0 aromatic heterocycles. The van der Waals surface area contributed by atoms with E-state index < -0.39 is 0 Å². The van der Waals surface area contributed by atoms with E-state index in [1.807, 2.05) is 42.5 Å². The summed E-state index contributed by atoms with van der Waals surface area (Å²) in [5, 5.41) is 1.41. The normalized spacial score (nSPS) is 12.4. The molecule has 0 aliphatic carbocycles. The second-order valence-electron chi connectivity index (χ2n) is 4.07. The molecule has 2 aromatic rings. The highest BCUT2D eigenvalue weighted by Gasteiger charge is 2.13. The summed E-state index contributed by atoms with van der Waals surface area (Å²) < 4.78 is 0.969. The number of nitrogens with two attached hydrogens (primary N) is 1. The van der Waals surface area contributed by atoms with Crippen molar-refractivity contribution in [2.45, 2.75) is 12.5 Å². The van der Waals surface area contributed by atoms with E-state index in [2.05, 4.69) is 15.9 Å². The molecule has 1 unspecified atom stereocenters. The molecule has 18 heavy (non-hydrogen) atoms. The van der Waals surface area contributed by atoms with Crippen LogP contribution in [0.25, 0.3) is 0 Å². The van der Waals surface area contributed by atoms with Gasteiger partial charge in [-0.1, -0.05) is 57.3 Å². The molecule has 0 saturated heterocycles. The molecule has 94 valence electrons. The fourth-order valence-electron chi connectivity index (χ4n) is 1.81. The summed E-state index contributed by atoms with van der Waals surface area (Å²) in [7, 11) is 0. The molecule has 0 bridgehead atoms. The van der Waals surface area contributed by atoms with E-state index in [1.165, 1.54) is 0 Å². The van der Waals surface area contributed by atoms with Crippen molar-refractivity contribution in [3.63, 3.8) is 0 Å². The van der Waals surface area contributed by atoms with Crippen LogP contribution in [0.5, 0.6) is 0 Å². The highest BCUT2D eigenvalue weighted by atomic mass is 79.9. The van der Waals surface area contributed by atoms with Crippen molar-refractivity contribution in [2.24, 2.45) is 5.73 Å². The molecule has 1 nitrogen and oxygen atoms in total. The van der Waals surface area contributed by atoms with Crippen molar-refractivity contribution in [1.82, 2.24) is 0 Å². The lowest BCUT2D eigenvalue weighted by molar-refractivity contribution is 0.722. The number of halogens is 3. The highest BCUT2D eigenvalue weighted by molar-refractivity contribution is 9.10. The van der Waals surface area contributed by atoms with Gasteiger partial charge in [-0.05, 0) is 41.8 Å². The molecule has 0 fully saturated rings. The third kappa shape index (κ3) is 3.27. The first-order valence-corrected chi connectivity index (χ1v) is 7.07. The maximum atomic E-state index is 6.20. The smallest absolute Gasteiger partial charge is 0.0454 e. The second kappa shape index (κ2) is 6.07. The average Bonchev–Trinajstić information content (AvgIpc) is 2.35. The van der Waals surface area contributed by atoms with E-state index in [9.17, 15) is 0 Å². The lowest BCUT2D eigenvalue weighted by atomic mass is 10.00. The van der Waals surface area contributed by atoms with Crippen LogP contribution in [0.1, 0.15) is 17.2 Å². The lowest BCUT2D eigenvalue weighted by Gasteiger charge is -2.15. The zero-order valence-electron chi connectivity index (χ0n) is 9.54. The zero-order valence-corrected chi connectivity index (χ0v) is 12.6. The van der Waals surface area contributed by atoms with Gasteiger partial charge in [-0.15, -0.1) is 0 Å². The number of hydrogen-bond donors (Lipinski definition) is 1. The molecular formula is C14H12BrCl2N. The molecular weight excluding hydrogens is 333 g/mol. The minimum atomic E-state index is -0.171. The van der Waals surface area contributed by atoms with E-state index in [-0.39, 0.29) is 6.04 Å². The maximum Gasteiger partial charge on any atom is 0.0454 e. The first-order chi connectivity index (χ1) is 8.58. The summed E-state index contributed by atoms with van der Waals surface area (Å²) in [6.45, 7) is 0. The summed E-state index contributed by atoms with van der Waals surface area (Å²) in [6.07, 6.45) is 0.663. The Morgan fingerprint density at radius 1 is 1.06 bits per heavy atom. The maximum absolute atomic E-state index is 6.20. The van der Waals surface area contributed by atoms with Crippen LogP contribution >= 0.6 is 39.1 Å². The van der Waals surface area contributed by atoms with Gasteiger partial charge >= 0.3 is 0 Å². The molecule has 0 amide bonds. The lowest BCUT2D eigenvalue weighted by Crippen LogP contribution is -2.14. The van der Waals surface area contributed by atoms with Crippen LogP contribution in [0.2, 0.25) is 10.0 Å². The van der Waals surface area contributed by atoms with Gasteiger partial charge in [0.05, 0.1) is 0 Å². The van der Waals surface area contributed by atoms with E-state index >= 15 is 0 Å². The van der Waals surface area contributed by atoms with Gasteiger partial charge in [-0.2, -0.15) is 0 Å². The van der Waals surface area contributed by atoms with Crippen molar-refractivity contribution in [3.8, 4) is 0 Å². The third-order valence-corrected chi connectivity index (χ3v) is 3.96. The molecule has 4 heteroatoms. The molecule has 2 N–H and O–H groups in total. The van der Waals surface area contributed by atoms with Crippen molar-refractivity contribution >= 4 is 39.1 Å². The average molecular weight is 345 g/mol. The van der Waals surface area contributed by atoms with Crippen LogP contribution in [-0.2, 0) is 6.42 Å². The van der Waals surface area contributed by atoms with Crippen molar-refractivity contribution in [3.05, 3.63) is 68.1 Å². The molecule has 0 heterocycles. The second-order valence-corrected chi connectivity index (χ2v) is 5.80. The minimum absolute atomic E-state index is 0.171. The standard InChI is InChI=1S/C14H12BrCl2N/c15-10-5-6-13(17)11(8-10)14(18)7-9-3-1-2-4-12(9)16/h1-6,8,14H,7,18H2. The topological polar surface area (TPSA) is 26.0 Å². The zero-order chi connectivity index (χ0) is 13.1. The molecule has 0 spiro atoms. The van der Waals surface area contributed by atoms with Crippen LogP contribution in [0.3, 0.4) is 0 Å². The molecule has 1 atom stereocenters. The monoisotopic (exact) mass is 343 g/mol. The summed E-state index contributed by atoms with van der Waals surface area (Å²) >= 11 is 15.7. The predicted octanol–water partition coefficient (Wildman–Crippen LogP) is 5.00. The van der Waals surface area contributed by atoms with Crippen LogP contribution in [-0.4, -0.2) is 0 Å². The Balaban J connectivity index is 2.25.